The number of aromatic nitrogens is 2. The lowest BCUT2D eigenvalue weighted by atomic mass is 10.1. The number of aryl methyl sites for hydroxylation is 2. The molecule has 0 aromatic carbocycles. The molecule has 1 aliphatic heterocycles. The molecule has 1 aliphatic rings. The van der Waals surface area contributed by atoms with E-state index in [1.807, 2.05) is 6.07 Å². The quantitative estimate of drug-likeness (QED) is 0.872. The summed E-state index contributed by atoms with van der Waals surface area (Å²) in [6.45, 7) is 4.02. The lowest BCUT2D eigenvalue weighted by molar-refractivity contribution is 0.387. The van der Waals surface area contributed by atoms with Gasteiger partial charge in [-0.3, -0.25) is 0 Å². The third kappa shape index (κ3) is 3.71. The van der Waals surface area contributed by atoms with E-state index in [1.165, 1.54) is 4.31 Å². The number of nitrogens with zero attached hydrogens (tertiary/aromatic N) is 4. The summed E-state index contributed by atoms with van der Waals surface area (Å²) in [4.78, 5) is 4.37. The van der Waals surface area contributed by atoms with Crippen LogP contribution in [0.3, 0.4) is 0 Å². The molecule has 3 rings (SSSR count). The Morgan fingerprint density at radius 2 is 2.15 bits per heavy atom. The van der Waals surface area contributed by atoms with Crippen molar-refractivity contribution in [3.63, 3.8) is 0 Å². The van der Waals surface area contributed by atoms with Crippen LogP contribution >= 0.6 is 0 Å². The maximum absolute atomic E-state index is 13.1. The molecule has 1 N–H and O–H groups in total. The lowest BCUT2D eigenvalue weighted by Crippen LogP contribution is -2.39. The molecule has 2 aromatic rings. The summed E-state index contributed by atoms with van der Waals surface area (Å²) in [7, 11) is -3.68. The van der Waals surface area contributed by atoms with Crippen molar-refractivity contribution in [2.45, 2.75) is 44.0 Å². The summed E-state index contributed by atoms with van der Waals surface area (Å²) in [5, 5.41) is 16.0. The van der Waals surface area contributed by atoms with Gasteiger partial charge in [0.2, 0.25) is 10.0 Å². The predicted molar refractivity (Wildman–Crippen MR) is 94.9 cm³/mol. The zero-order valence-electron chi connectivity index (χ0n) is 14.8. The molecule has 138 valence electrons. The third-order valence-electron chi connectivity index (χ3n) is 4.42. The fourth-order valence-corrected chi connectivity index (χ4v) is 5.02. The average molecular weight is 375 g/mol. The van der Waals surface area contributed by atoms with E-state index in [9.17, 15) is 8.42 Å². The van der Waals surface area contributed by atoms with Crippen LogP contribution < -0.4 is 5.32 Å². The summed E-state index contributed by atoms with van der Waals surface area (Å²) < 4.78 is 32.7. The van der Waals surface area contributed by atoms with E-state index in [0.29, 0.717) is 36.1 Å². The van der Waals surface area contributed by atoms with Crippen molar-refractivity contribution >= 4 is 15.8 Å². The molecule has 9 heteroatoms. The Morgan fingerprint density at radius 1 is 1.35 bits per heavy atom. The molecule has 1 saturated heterocycles. The van der Waals surface area contributed by atoms with Gasteiger partial charge in [0.25, 0.3) is 0 Å². The fourth-order valence-electron chi connectivity index (χ4n) is 3.20. The molecule has 3 heterocycles. The van der Waals surface area contributed by atoms with Crippen LogP contribution in [0.1, 0.15) is 36.4 Å². The second-order valence-electron chi connectivity index (χ2n) is 6.37. The topological polar surface area (TPSA) is 112 Å². The molecular weight excluding hydrogens is 354 g/mol. The molecule has 1 fully saturated rings. The minimum atomic E-state index is -3.68. The monoisotopic (exact) mass is 375 g/mol. The smallest absolute Gasteiger partial charge is 0.248 e. The largest absolute Gasteiger partial charge is 0.366 e. The molecular formula is C17H21N5O3S. The molecule has 0 saturated carbocycles. The van der Waals surface area contributed by atoms with E-state index in [-0.39, 0.29) is 10.9 Å². The van der Waals surface area contributed by atoms with Crippen molar-refractivity contribution in [2.24, 2.45) is 0 Å². The minimum Gasteiger partial charge on any atom is -0.366 e. The van der Waals surface area contributed by atoms with E-state index < -0.39 is 10.0 Å². The highest BCUT2D eigenvalue weighted by atomic mass is 32.2. The van der Waals surface area contributed by atoms with Gasteiger partial charge in [-0.2, -0.15) is 9.57 Å². The Hall–Kier alpha value is -2.44. The van der Waals surface area contributed by atoms with Crippen molar-refractivity contribution in [2.75, 3.05) is 18.4 Å². The second kappa shape index (κ2) is 7.43. The van der Waals surface area contributed by atoms with E-state index in [4.69, 9.17) is 9.78 Å². The van der Waals surface area contributed by atoms with Gasteiger partial charge in [-0.15, -0.1) is 0 Å². The van der Waals surface area contributed by atoms with Crippen molar-refractivity contribution in [3.8, 4) is 6.07 Å². The van der Waals surface area contributed by atoms with Gasteiger partial charge in [0.1, 0.15) is 28.2 Å². The van der Waals surface area contributed by atoms with Gasteiger partial charge in [-0.25, -0.2) is 13.4 Å². The molecule has 0 unspecified atom stereocenters. The predicted octanol–water partition coefficient (Wildman–Crippen LogP) is 2.21. The standard InChI is InChI=1S/C17H21N5O3S/c1-12-17(13(2)25-21-12)26(23,24)22-9-4-3-6-15(11-22)20-16-8-5-7-14(10-18)19-16/h5,7-8,15H,3-4,6,9,11H2,1-2H3,(H,19,20)/t15-/m1/s1. The van der Waals surface area contributed by atoms with Gasteiger partial charge in [-0.05, 0) is 38.8 Å². The first-order valence-electron chi connectivity index (χ1n) is 8.48. The van der Waals surface area contributed by atoms with Crippen molar-refractivity contribution in [1.82, 2.24) is 14.4 Å². The minimum absolute atomic E-state index is 0.0887. The third-order valence-corrected chi connectivity index (χ3v) is 6.53. The van der Waals surface area contributed by atoms with Crippen LogP contribution in [-0.4, -0.2) is 42.0 Å². The van der Waals surface area contributed by atoms with Crippen molar-refractivity contribution in [3.05, 3.63) is 35.3 Å². The summed E-state index contributed by atoms with van der Waals surface area (Å²) in [5.74, 6) is 0.880. The molecule has 26 heavy (non-hydrogen) atoms. The van der Waals surface area contributed by atoms with Crippen LogP contribution in [0, 0.1) is 25.2 Å². The van der Waals surface area contributed by atoms with Gasteiger partial charge >= 0.3 is 0 Å². The number of pyridine rings is 1. The zero-order valence-corrected chi connectivity index (χ0v) is 15.6. The summed E-state index contributed by atoms with van der Waals surface area (Å²) in [6.07, 6.45) is 2.52. The summed E-state index contributed by atoms with van der Waals surface area (Å²) in [5.41, 5.74) is 0.698. The van der Waals surface area contributed by atoms with E-state index >= 15 is 0 Å². The van der Waals surface area contributed by atoms with Crippen molar-refractivity contribution < 1.29 is 12.9 Å². The number of hydrogen-bond acceptors (Lipinski definition) is 7. The number of hydrogen-bond donors (Lipinski definition) is 1. The first kappa shape index (κ1) is 18.4. The van der Waals surface area contributed by atoms with Crippen LogP contribution in [0.4, 0.5) is 5.82 Å². The molecule has 0 bridgehead atoms. The van der Waals surface area contributed by atoms with Crippen molar-refractivity contribution in [1.29, 1.82) is 5.26 Å². The van der Waals surface area contributed by atoms with E-state index in [2.05, 4.69) is 15.5 Å². The van der Waals surface area contributed by atoms with Gasteiger partial charge in [0, 0.05) is 19.1 Å². The van der Waals surface area contributed by atoms with Crippen LogP contribution in [0.2, 0.25) is 0 Å². The van der Waals surface area contributed by atoms with Gasteiger partial charge < -0.3 is 9.84 Å². The first-order chi connectivity index (χ1) is 12.4. The van der Waals surface area contributed by atoms with Crippen LogP contribution in [-0.2, 0) is 10.0 Å². The van der Waals surface area contributed by atoms with Crippen LogP contribution in [0.5, 0.6) is 0 Å². The van der Waals surface area contributed by atoms with E-state index in [0.717, 1.165) is 19.3 Å². The molecule has 0 aliphatic carbocycles. The number of sulfonamides is 1. The number of anilines is 1. The lowest BCUT2D eigenvalue weighted by Gasteiger charge is -2.24. The van der Waals surface area contributed by atoms with Gasteiger partial charge in [0.05, 0.1) is 0 Å². The molecule has 0 radical (unpaired) electrons. The van der Waals surface area contributed by atoms with Gasteiger partial charge in [0.15, 0.2) is 5.76 Å². The molecule has 2 aromatic heterocycles. The van der Waals surface area contributed by atoms with E-state index in [1.54, 1.807) is 32.0 Å². The highest BCUT2D eigenvalue weighted by molar-refractivity contribution is 7.89. The SMILES string of the molecule is Cc1noc(C)c1S(=O)(=O)N1CCCC[C@@H](Nc2cccc(C#N)n2)C1. The molecule has 1 atom stereocenters. The first-order valence-corrected chi connectivity index (χ1v) is 9.92. The fraction of sp³-hybridized carbons (Fsp3) is 0.471. The zero-order chi connectivity index (χ0) is 18.7. The van der Waals surface area contributed by atoms with Gasteiger partial charge in [-0.1, -0.05) is 17.6 Å². The maximum atomic E-state index is 13.1. The Morgan fingerprint density at radius 3 is 2.85 bits per heavy atom. The maximum Gasteiger partial charge on any atom is 0.248 e. The Balaban J connectivity index is 1.82. The normalized spacial score (nSPS) is 18.9. The summed E-state index contributed by atoms with van der Waals surface area (Å²) >= 11 is 0. The Kier molecular flexibility index (Phi) is 5.25. The number of rotatable bonds is 4. The van der Waals surface area contributed by atoms with Crippen LogP contribution in [0.15, 0.2) is 27.6 Å². The number of nitriles is 1. The highest BCUT2D eigenvalue weighted by Crippen LogP contribution is 2.26. The molecule has 0 spiro atoms. The average Bonchev–Trinajstić information content (AvgIpc) is 2.82. The summed E-state index contributed by atoms with van der Waals surface area (Å²) in [6, 6.07) is 7.08. The molecule has 0 amide bonds. The number of nitrogens with one attached hydrogen (secondary N) is 1. The van der Waals surface area contributed by atoms with Crippen LogP contribution in [0.25, 0.3) is 0 Å². The Labute approximate surface area is 152 Å². The Bertz CT molecular complexity index is 913. The highest BCUT2D eigenvalue weighted by Gasteiger charge is 2.33. The second-order valence-corrected chi connectivity index (χ2v) is 8.25. The molecule has 8 nitrogen and oxygen atoms in total.